The number of thioether (sulfide) groups is 1. The van der Waals surface area contributed by atoms with Crippen molar-refractivity contribution in [1.82, 2.24) is 15.1 Å². The normalized spacial score (nSPS) is 11.8. The molecule has 2 heterocycles. The predicted octanol–water partition coefficient (Wildman–Crippen LogP) is 5.62. The molecular weight excluding hydrogens is 408 g/mol. The number of nitrogens with zero attached hydrogens (tertiary/aromatic N) is 3. The maximum Gasteiger partial charge on any atom is 0.239 e. The smallest absolute Gasteiger partial charge is 0.239 e. The third kappa shape index (κ3) is 5.19. The number of benzene rings is 2. The highest BCUT2D eigenvalue weighted by molar-refractivity contribution is 8.00. The lowest BCUT2D eigenvalue weighted by molar-refractivity contribution is -0.115. The third-order valence-corrected chi connectivity index (χ3v) is 5.86. The van der Waals surface area contributed by atoms with Gasteiger partial charge in [-0.05, 0) is 19.4 Å². The van der Waals surface area contributed by atoms with E-state index in [0.717, 1.165) is 22.5 Å². The lowest BCUT2D eigenvalue weighted by Crippen LogP contribution is -2.25. The van der Waals surface area contributed by atoms with Crippen molar-refractivity contribution >= 4 is 23.5 Å². The molecule has 0 saturated heterocycles. The highest BCUT2D eigenvalue weighted by Gasteiger charge is 2.21. The molecule has 0 fully saturated rings. The molecule has 1 amide bonds. The first-order chi connectivity index (χ1) is 15.1. The predicted molar refractivity (Wildman–Crippen MR) is 123 cm³/mol. The van der Waals surface area contributed by atoms with Crippen molar-refractivity contribution in [3.63, 3.8) is 0 Å². The van der Waals surface area contributed by atoms with Gasteiger partial charge in [-0.25, -0.2) is 9.97 Å². The largest absolute Gasteiger partial charge is 0.360 e. The molecule has 156 valence electrons. The summed E-state index contributed by atoms with van der Waals surface area (Å²) in [6.07, 6.45) is 0.618. The van der Waals surface area contributed by atoms with E-state index >= 15 is 0 Å². The number of rotatable bonds is 7. The average molecular weight is 431 g/mol. The zero-order valence-electron chi connectivity index (χ0n) is 17.3. The van der Waals surface area contributed by atoms with Crippen molar-refractivity contribution in [3.8, 4) is 22.5 Å². The molecule has 4 rings (SSSR count). The minimum Gasteiger partial charge on any atom is -0.360 e. The summed E-state index contributed by atoms with van der Waals surface area (Å²) in [5, 5.41) is 6.83. The Morgan fingerprint density at radius 1 is 0.968 bits per heavy atom. The topological polar surface area (TPSA) is 80.9 Å². The van der Waals surface area contributed by atoms with Gasteiger partial charge in [0, 0.05) is 17.2 Å². The zero-order valence-corrected chi connectivity index (χ0v) is 18.1. The monoisotopic (exact) mass is 430 g/mol. The van der Waals surface area contributed by atoms with Crippen molar-refractivity contribution in [2.75, 3.05) is 5.32 Å². The van der Waals surface area contributed by atoms with E-state index in [9.17, 15) is 4.79 Å². The number of amides is 1. The highest BCUT2D eigenvalue weighted by atomic mass is 32.2. The van der Waals surface area contributed by atoms with Gasteiger partial charge in [-0.15, -0.1) is 0 Å². The van der Waals surface area contributed by atoms with Gasteiger partial charge in [0.2, 0.25) is 5.91 Å². The molecule has 7 heteroatoms. The molecule has 4 aromatic rings. The maximum atomic E-state index is 12.8. The van der Waals surface area contributed by atoms with E-state index in [-0.39, 0.29) is 11.2 Å². The number of hydrogen-bond donors (Lipinski definition) is 1. The Kier molecular flexibility index (Phi) is 6.43. The Labute approximate surface area is 185 Å². The van der Waals surface area contributed by atoms with E-state index < -0.39 is 0 Å². The van der Waals surface area contributed by atoms with Crippen LogP contribution in [-0.4, -0.2) is 26.3 Å². The van der Waals surface area contributed by atoms with Crippen LogP contribution >= 0.6 is 11.8 Å². The van der Waals surface area contributed by atoms with Crippen LogP contribution in [0.15, 0.2) is 82.5 Å². The van der Waals surface area contributed by atoms with E-state index in [1.807, 2.05) is 73.7 Å². The van der Waals surface area contributed by atoms with Gasteiger partial charge in [0.05, 0.1) is 16.6 Å². The fourth-order valence-corrected chi connectivity index (χ4v) is 3.96. The van der Waals surface area contributed by atoms with Gasteiger partial charge >= 0.3 is 0 Å². The van der Waals surface area contributed by atoms with Crippen LogP contribution in [0.3, 0.4) is 0 Å². The summed E-state index contributed by atoms with van der Waals surface area (Å²) in [4.78, 5) is 22.3. The first-order valence-corrected chi connectivity index (χ1v) is 10.9. The molecule has 0 aliphatic rings. The van der Waals surface area contributed by atoms with Crippen LogP contribution < -0.4 is 5.32 Å². The van der Waals surface area contributed by atoms with Crippen molar-refractivity contribution < 1.29 is 9.32 Å². The Morgan fingerprint density at radius 3 is 2.03 bits per heavy atom. The van der Waals surface area contributed by atoms with Crippen molar-refractivity contribution in [1.29, 1.82) is 0 Å². The molecule has 31 heavy (non-hydrogen) atoms. The molecule has 6 nitrogen and oxygen atoms in total. The molecule has 1 N–H and O–H groups in total. The van der Waals surface area contributed by atoms with Gasteiger partial charge in [0.15, 0.2) is 11.0 Å². The second-order valence-corrected chi connectivity index (χ2v) is 8.15. The van der Waals surface area contributed by atoms with Crippen molar-refractivity contribution in [3.05, 3.63) is 78.6 Å². The van der Waals surface area contributed by atoms with Gasteiger partial charge in [0.25, 0.3) is 0 Å². The number of nitrogens with one attached hydrogen (secondary N) is 1. The minimum absolute atomic E-state index is 0.157. The fourth-order valence-electron chi connectivity index (χ4n) is 3.07. The van der Waals surface area contributed by atoms with Crippen LogP contribution in [0, 0.1) is 6.92 Å². The second-order valence-electron chi connectivity index (χ2n) is 6.98. The lowest BCUT2D eigenvalue weighted by Gasteiger charge is -2.14. The number of anilines is 1. The zero-order chi connectivity index (χ0) is 21.6. The Morgan fingerprint density at radius 2 is 1.55 bits per heavy atom. The van der Waals surface area contributed by atoms with Crippen LogP contribution in [-0.2, 0) is 4.79 Å². The van der Waals surface area contributed by atoms with Crippen LogP contribution in [0.2, 0.25) is 0 Å². The molecule has 1 atom stereocenters. The molecule has 0 spiro atoms. The number of carbonyl (C=O) groups is 1. The number of carbonyl (C=O) groups excluding carboxylic acids is 1. The first-order valence-electron chi connectivity index (χ1n) is 10.0. The van der Waals surface area contributed by atoms with Crippen LogP contribution in [0.1, 0.15) is 19.1 Å². The molecule has 2 aromatic heterocycles. The van der Waals surface area contributed by atoms with E-state index in [2.05, 4.69) is 10.5 Å². The summed E-state index contributed by atoms with van der Waals surface area (Å²) in [5.74, 6) is 0.892. The summed E-state index contributed by atoms with van der Waals surface area (Å²) in [6, 6.07) is 23.6. The summed E-state index contributed by atoms with van der Waals surface area (Å²) in [6.45, 7) is 3.74. The molecule has 0 aliphatic carbocycles. The number of aromatic nitrogens is 3. The number of hydrogen-bond acceptors (Lipinski definition) is 6. The van der Waals surface area contributed by atoms with Gasteiger partial charge in [0.1, 0.15) is 5.76 Å². The average Bonchev–Trinajstić information content (AvgIpc) is 3.22. The molecule has 0 radical (unpaired) electrons. The summed E-state index contributed by atoms with van der Waals surface area (Å²) >= 11 is 1.35. The Balaban J connectivity index is 1.65. The van der Waals surface area contributed by atoms with Crippen LogP contribution in [0.5, 0.6) is 0 Å². The van der Waals surface area contributed by atoms with Gasteiger partial charge in [-0.3, -0.25) is 4.79 Å². The van der Waals surface area contributed by atoms with Crippen LogP contribution in [0.25, 0.3) is 22.5 Å². The molecule has 0 saturated carbocycles. The second kappa shape index (κ2) is 9.57. The molecule has 1 unspecified atom stereocenters. The quantitative estimate of drug-likeness (QED) is 0.303. The molecule has 0 bridgehead atoms. The van der Waals surface area contributed by atoms with E-state index in [1.54, 1.807) is 13.0 Å². The summed E-state index contributed by atoms with van der Waals surface area (Å²) in [5.41, 5.74) is 3.64. The van der Waals surface area contributed by atoms with Crippen LogP contribution in [0.4, 0.5) is 5.82 Å². The lowest BCUT2D eigenvalue weighted by atomic mass is 10.1. The highest BCUT2D eigenvalue weighted by Crippen LogP contribution is 2.30. The van der Waals surface area contributed by atoms with E-state index in [1.165, 1.54) is 11.8 Å². The van der Waals surface area contributed by atoms with E-state index in [0.29, 0.717) is 23.2 Å². The first kappa shape index (κ1) is 20.8. The van der Waals surface area contributed by atoms with Crippen molar-refractivity contribution in [2.24, 2.45) is 0 Å². The van der Waals surface area contributed by atoms with E-state index in [4.69, 9.17) is 14.5 Å². The van der Waals surface area contributed by atoms with Crippen molar-refractivity contribution in [2.45, 2.75) is 30.7 Å². The maximum absolute atomic E-state index is 12.8. The molecule has 2 aromatic carbocycles. The molecule has 0 aliphatic heterocycles. The molecular formula is C24H22N4O2S. The third-order valence-electron chi connectivity index (χ3n) is 4.63. The van der Waals surface area contributed by atoms with Gasteiger partial charge in [-0.1, -0.05) is 84.5 Å². The summed E-state index contributed by atoms with van der Waals surface area (Å²) in [7, 11) is 0. The standard InChI is InChI=1S/C24H22N4O2S/c1-3-21(23(29)27-22-14-16(2)30-28-22)31-24-25-19(17-10-6-4-7-11-17)15-20(26-24)18-12-8-5-9-13-18/h4-15,21H,3H2,1-2H3,(H,27,28,29). The SMILES string of the molecule is CCC(Sc1nc(-c2ccccc2)cc(-c2ccccc2)n1)C(=O)Nc1cc(C)on1. The Bertz CT molecular complexity index is 1100. The Hall–Kier alpha value is -3.45. The van der Waals surface area contributed by atoms with Gasteiger partial charge < -0.3 is 9.84 Å². The van der Waals surface area contributed by atoms with Gasteiger partial charge in [-0.2, -0.15) is 0 Å². The minimum atomic E-state index is -0.369. The fraction of sp³-hybridized carbons (Fsp3) is 0.167. The summed E-state index contributed by atoms with van der Waals surface area (Å²) < 4.78 is 5.03. The number of aryl methyl sites for hydroxylation is 1.